The molecule has 1 aromatic rings. The van der Waals surface area contributed by atoms with Gasteiger partial charge < -0.3 is 5.32 Å². The summed E-state index contributed by atoms with van der Waals surface area (Å²) in [5.41, 5.74) is 0. The SMILES string of the molecule is CCNc1ccc(S(=O)(=O)NC(C)C(C)C)cn1. The zero-order valence-corrected chi connectivity index (χ0v) is 12.1. The van der Waals surface area contributed by atoms with Crippen LogP contribution >= 0.6 is 0 Å². The third-order valence-corrected chi connectivity index (χ3v) is 4.29. The van der Waals surface area contributed by atoms with Crippen molar-refractivity contribution in [1.82, 2.24) is 9.71 Å². The zero-order valence-electron chi connectivity index (χ0n) is 11.3. The molecule has 2 N–H and O–H groups in total. The van der Waals surface area contributed by atoms with Gasteiger partial charge in [-0.15, -0.1) is 0 Å². The molecule has 0 saturated carbocycles. The molecule has 0 radical (unpaired) electrons. The summed E-state index contributed by atoms with van der Waals surface area (Å²) in [6.45, 7) is 8.50. The van der Waals surface area contributed by atoms with Crippen LogP contribution in [0.4, 0.5) is 5.82 Å². The predicted molar refractivity (Wildman–Crippen MR) is 73.0 cm³/mol. The smallest absolute Gasteiger partial charge is 0.242 e. The lowest BCUT2D eigenvalue weighted by atomic mass is 10.1. The van der Waals surface area contributed by atoms with Crippen LogP contribution in [0.5, 0.6) is 0 Å². The topological polar surface area (TPSA) is 71.1 Å². The van der Waals surface area contributed by atoms with Crippen LogP contribution in [-0.4, -0.2) is 26.0 Å². The van der Waals surface area contributed by atoms with E-state index < -0.39 is 10.0 Å². The van der Waals surface area contributed by atoms with E-state index in [1.54, 1.807) is 12.1 Å². The maximum Gasteiger partial charge on any atom is 0.242 e. The van der Waals surface area contributed by atoms with Gasteiger partial charge in [-0.2, -0.15) is 0 Å². The molecule has 1 aromatic heterocycles. The van der Waals surface area contributed by atoms with Crippen LogP contribution in [0.2, 0.25) is 0 Å². The number of aromatic nitrogens is 1. The molecule has 0 bridgehead atoms. The fraction of sp³-hybridized carbons (Fsp3) is 0.583. The van der Waals surface area contributed by atoms with E-state index in [1.165, 1.54) is 6.20 Å². The Balaban J connectivity index is 2.85. The van der Waals surface area contributed by atoms with Crippen molar-refractivity contribution >= 4 is 15.8 Å². The number of rotatable bonds is 6. The molecule has 1 atom stereocenters. The maximum absolute atomic E-state index is 12.0. The summed E-state index contributed by atoms with van der Waals surface area (Å²) in [6.07, 6.45) is 1.37. The molecule has 1 rings (SSSR count). The molecule has 18 heavy (non-hydrogen) atoms. The molecular formula is C12H21N3O2S. The van der Waals surface area contributed by atoms with E-state index >= 15 is 0 Å². The summed E-state index contributed by atoms with van der Waals surface area (Å²) in [7, 11) is -3.48. The Morgan fingerprint density at radius 2 is 1.94 bits per heavy atom. The fourth-order valence-electron chi connectivity index (χ4n) is 1.27. The molecule has 1 unspecified atom stereocenters. The normalized spacial score (nSPS) is 13.6. The highest BCUT2D eigenvalue weighted by Crippen LogP contribution is 2.12. The highest BCUT2D eigenvalue weighted by atomic mass is 32.2. The summed E-state index contributed by atoms with van der Waals surface area (Å²) in [6, 6.07) is 3.11. The van der Waals surface area contributed by atoms with Crippen molar-refractivity contribution in [2.24, 2.45) is 5.92 Å². The minimum atomic E-state index is -3.48. The second kappa shape index (κ2) is 6.15. The maximum atomic E-state index is 12.0. The average molecular weight is 271 g/mol. The van der Waals surface area contributed by atoms with Gasteiger partial charge in [-0.05, 0) is 31.9 Å². The minimum absolute atomic E-state index is 0.108. The van der Waals surface area contributed by atoms with Crippen LogP contribution in [0.25, 0.3) is 0 Å². The van der Waals surface area contributed by atoms with E-state index in [2.05, 4.69) is 15.0 Å². The van der Waals surface area contributed by atoms with Gasteiger partial charge in [0.05, 0.1) is 0 Å². The third kappa shape index (κ3) is 3.96. The summed E-state index contributed by atoms with van der Waals surface area (Å²) in [5, 5.41) is 3.02. The first kappa shape index (κ1) is 14.9. The lowest BCUT2D eigenvalue weighted by molar-refractivity contribution is 0.476. The second-order valence-corrected chi connectivity index (χ2v) is 6.28. The summed E-state index contributed by atoms with van der Waals surface area (Å²) in [4.78, 5) is 4.25. The lowest BCUT2D eigenvalue weighted by Crippen LogP contribution is -2.36. The highest BCUT2D eigenvalue weighted by molar-refractivity contribution is 7.89. The van der Waals surface area contributed by atoms with Crippen molar-refractivity contribution in [3.8, 4) is 0 Å². The summed E-state index contributed by atoms with van der Waals surface area (Å²) in [5.74, 6) is 0.919. The second-order valence-electron chi connectivity index (χ2n) is 4.56. The molecule has 1 heterocycles. The van der Waals surface area contributed by atoms with E-state index in [4.69, 9.17) is 0 Å². The van der Waals surface area contributed by atoms with Crippen LogP contribution in [-0.2, 0) is 10.0 Å². The Morgan fingerprint density at radius 3 is 2.39 bits per heavy atom. The molecule has 6 heteroatoms. The van der Waals surface area contributed by atoms with E-state index in [1.807, 2.05) is 27.7 Å². The minimum Gasteiger partial charge on any atom is -0.370 e. The van der Waals surface area contributed by atoms with E-state index in [9.17, 15) is 8.42 Å². The van der Waals surface area contributed by atoms with Crippen LogP contribution < -0.4 is 10.0 Å². The van der Waals surface area contributed by atoms with Crippen LogP contribution in [0.1, 0.15) is 27.7 Å². The highest BCUT2D eigenvalue weighted by Gasteiger charge is 2.19. The van der Waals surface area contributed by atoms with Crippen molar-refractivity contribution < 1.29 is 8.42 Å². The Morgan fingerprint density at radius 1 is 1.28 bits per heavy atom. The van der Waals surface area contributed by atoms with Gasteiger partial charge >= 0.3 is 0 Å². The molecule has 0 saturated heterocycles. The Hall–Kier alpha value is -1.14. The monoisotopic (exact) mass is 271 g/mol. The molecular weight excluding hydrogens is 250 g/mol. The lowest BCUT2D eigenvalue weighted by Gasteiger charge is -2.17. The van der Waals surface area contributed by atoms with Gasteiger partial charge in [0.25, 0.3) is 0 Å². The molecule has 0 aliphatic rings. The number of anilines is 1. The predicted octanol–water partition coefficient (Wildman–Crippen LogP) is 1.84. The zero-order chi connectivity index (χ0) is 13.8. The van der Waals surface area contributed by atoms with Crippen LogP contribution in [0.15, 0.2) is 23.2 Å². The largest absolute Gasteiger partial charge is 0.370 e. The van der Waals surface area contributed by atoms with Crippen molar-refractivity contribution in [2.75, 3.05) is 11.9 Å². The summed E-state index contributed by atoms with van der Waals surface area (Å²) < 4.78 is 26.7. The molecule has 0 spiro atoms. The van der Waals surface area contributed by atoms with Gasteiger partial charge in [-0.3, -0.25) is 0 Å². The van der Waals surface area contributed by atoms with E-state index in [-0.39, 0.29) is 16.9 Å². The van der Waals surface area contributed by atoms with Crippen LogP contribution in [0, 0.1) is 5.92 Å². The standard InChI is InChI=1S/C12H21N3O2S/c1-5-13-12-7-6-11(8-14-12)18(16,17)15-10(4)9(2)3/h6-10,15H,5H2,1-4H3,(H,13,14). The number of nitrogens with one attached hydrogen (secondary N) is 2. The number of hydrogen-bond acceptors (Lipinski definition) is 4. The van der Waals surface area contributed by atoms with Crippen LogP contribution in [0.3, 0.4) is 0 Å². The molecule has 0 aromatic carbocycles. The molecule has 102 valence electrons. The van der Waals surface area contributed by atoms with Gasteiger partial charge in [0.15, 0.2) is 0 Å². The molecule has 0 aliphatic heterocycles. The number of sulfonamides is 1. The Labute approximate surface area is 109 Å². The van der Waals surface area contributed by atoms with Gasteiger partial charge in [0, 0.05) is 18.8 Å². The van der Waals surface area contributed by atoms with Gasteiger partial charge in [-0.25, -0.2) is 18.1 Å². The quantitative estimate of drug-likeness (QED) is 0.828. The Kier molecular flexibility index (Phi) is 5.10. The average Bonchev–Trinajstić information content (AvgIpc) is 2.29. The van der Waals surface area contributed by atoms with E-state index in [0.29, 0.717) is 5.82 Å². The third-order valence-electron chi connectivity index (χ3n) is 2.75. The number of hydrogen-bond donors (Lipinski definition) is 2. The number of pyridine rings is 1. The van der Waals surface area contributed by atoms with Gasteiger partial charge in [-0.1, -0.05) is 13.8 Å². The molecule has 0 amide bonds. The van der Waals surface area contributed by atoms with Crippen molar-refractivity contribution in [1.29, 1.82) is 0 Å². The van der Waals surface area contributed by atoms with Gasteiger partial charge in [0.2, 0.25) is 10.0 Å². The van der Waals surface area contributed by atoms with Gasteiger partial charge in [0.1, 0.15) is 10.7 Å². The summed E-state index contributed by atoms with van der Waals surface area (Å²) >= 11 is 0. The van der Waals surface area contributed by atoms with Crippen molar-refractivity contribution in [3.05, 3.63) is 18.3 Å². The van der Waals surface area contributed by atoms with Crippen molar-refractivity contribution in [2.45, 2.75) is 38.6 Å². The first-order chi connectivity index (χ1) is 8.36. The first-order valence-corrected chi connectivity index (χ1v) is 7.57. The molecule has 5 nitrogen and oxygen atoms in total. The van der Waals surface area contributed by atoms with Crippen molar-refractivity contribution in [3.63, 3.8) is 0 Å². The van der Waals surface area contributed by atoms with E-state index in [0.717, 1.165) is 6.54 Å². The molecule has 0 aliphatic carbocycles. The molecule has 0 fully saturated rings. The number of nitrogens with zero attached hydrogens (tertiary/aromatic N) is 1. The fourth-order valence-corrected chi connectivity index (χ4v) is 2.61. The first-order valence-electron chi connectivity index (χ1n) is 6.09. The Bertz CT molecular complexity index is 469.